The van der Waals surface area contributed by atoms with Gasteiger partial charge in [0.1, 0.15) is 5.69 Å². The fourth-order valence-electron chi connectivity index (χ4n) is 1.92. The van der Waals surface area contributed by atoms with Crippen molar-refractivity contribution in [2.24, 2.45) is 0 Å². The standard InChI is InChI=1S/C16H20BrN5O/c1-11-9-14(15(23)18-7-8-22(2)3)21-16(19-11)20-13-6-4-5-12(17)10-13/h4-6,9-10H,7-8H2,1-3H3,(H,18,23)(H,19,20,21). The third-order valence-electron chi connectivity index (χ3n) is 3.01. The SMILES string of the molecule is Cc1cc(C(=O)NCCN(C)C)nc(Nc2cccc(Br)c2)n1. The predicted octanol–water partition coefficient (Wildman–Crippen LogP) is 2.58. The van der Waals surface area contributed by atoms with Gasteiger partial charge in [-0.05, 0) is 45.3 Å². The number of nitrogens with zero attached hydrogens (tertiary/aromatic N) is 3. The Morgan fingerprint density at radius 2 is 2.04 bits per heavy atom. The first-order valence-corrected chi connectivity index (χ1v) is 8.04. The lowest BCUT2D eigenvalue weighted by Crippen LogP contribution is -2.32. The monoisotopic (exact) mass is 377 g/mol. The number of aryl methyl sites for hydroxylation is 1. The zero-order valence-corrected chi connectivity index (χ0v) is 15.0. The number of benzene rings is 1. The molecular weight excluding hydrogens is 358 g/mol. The Balaban J connectivity index is 2.10. The smallest absolute Gasteiger partial charge is 0.270 e. The lowest BCUT2D eigenvalue weighted by molar-refractivity contribution is 0.0946. The molecule has 1 heterocycles. The fraction of sp³-hybridized carbons (Fsp3) is 0.312. The number of hydrogen-bond donors (Lipinski definition) is 2. The van der Waals surface area contributed by atoms with E-state index in [4.69, 9.17) is 0 Å². The predicted molar refractivity (Wildman–Crippen MR) is 95.1 cm³/mol. The Bertz CT molecular complexity index is 690. The Kier molecular flexibility index (Phi) is 6.06. The molecule has 0 aliphatic rings. The molecule has 6 nitrogen and oxygen atoms in total. The highest BCUT2D eigenvalue weighted by molar-refractivity contribution is 9.10. The summed E-state index contributed by atoms with van der Waals surface area (Å²) in [5, 5.41) is 5.97. The molecule has 0 unspecified atom stereocenters. The van der Waals surface area contributed by atoms with E-state index in [1.165, 1.54) is 0 Å². The molecule has 122 valence electrons. The molecule has 23 heavy (non-hydrogen) atoms. The second kappa shape index (κ2) is 8.03. The minimum atomic E-state index is -0.199. The molecule has 7 heteroatoms. The van der Waals surface area contributed by atoms with Gasteiger partial charge in [0.15, 0.2) is 0 Å². The molecule has 2 aromatic rings. The molecule has 0 aliphatic heterocycles. The van der Waals surface area contributed by atoms with Crippen molar-refractivity contribution < 1.29 is 4.79 Å². The second-order valence-electron chi connectivity index (χ2n) is 5.41. The second-order valence-corrected chi connectivity index (χ2v) is 6.33. The third-order valence-corrected chi connectivity index (χ3v) is 3.51. The van der Waals surface area contributed by atoms with Gasteiger partial charge in [0, 0.05) is 28.9 Å². The number of carbonyl (C=O) groups is 1. The maximum Gasteiger partial charge on any atom is 0.270 e. The summed E-state index contributed by atoms with van der Waals surface area (Å²) in [7, 11) is 3.92. The van der Waals surface area contributed by atoms with Gasteiger partial charge in [-0.2, -0.15) is 0 Å². The van der Waals surface area contributed by atoms with E-state index in [0.717, 1.165) is 22.4 Å². The first-order chi connectivity index (χ1) is 10.9. The van der Waals surface area contributed by atoms with Crippen LogP contribution in [0.3, 0.4) is 0 Å². The van der Waals surface area contributed by atoms with Gasteiger partial charge in [-0.1, -0.05) is 22.0 Å². The highest BCUT2D eigenvalue weighted by atomic mass is 79.9. The maximum atomic E-state index is 12.2. The van der Waals surface area contributed by atoms with Crippen LogP contribution < -0.4 is 10.6 Å². The molecule has 0 radical (unpaired) electrons. The summed E-state index contributed by atoms with van der Waals surface area (Å²) in [5.74, 6) is 0.204. The van der Waals surface area contributed by atoms with E-state index in [1.807, 2.05) is 50.2 Å². The van der Waals surface area contributed by atoms with Crippen LogP contribution in [0.5, 0.6) is 0 Å². The van der Waals surface area contributed by atoms with Crippen LogP contribution in [0.2, 0.25) is 0 Å². The number of carbonyl (C=O) groups excluding carboxylic acids is 1. The van der Waals surface area contributed by atoms with E-state index in [-0.39, 0.29) is 5.91 Å². The molecule has 0 aliphatic carbocycles. The zero-order chi connectivity index (χ0) is 16.8. The first kappa shape index (κ1) is 17.4. The molecule has 1 amide bonds. The fourth-order valence-corrected chi connectivity index (χ4v) is 2.32. The van der Waals surface area contributed by atoms with E-state index in [1.54, 1.807) is 6.07 Å². The number of likely N-dealkylation sites (N-methyl/N-ethyl adjacent to an activating group) is 1. The van der Waals surface area contributed by atoms with Gasteiger partial charge in [-0.15, -0.1) is 0 Å². The summed E-state index contributed by atoms with van der Waals surface area (Å²) < 4.78 is 0.955. The molecule has 1 aromatic carbocycles. The molecule has 0 spiro atoms. The summed E-state index contributed by atoms with van der Waals surface area (Å²) in [6.07, 6.45) is 0. The normalized spacial score (nSPS) is 10.7. The van der Waals surface area contributed by atoms with Gasteiger partial charge < -0.3 is 15.5 Å². The van der Waals surface area contributed by atoms with Crippen LogP contribution in [0.1, 0.15) is 16.2 Å². The topological polar surface area (TPSA) is 70.2 Å². The van der Waals surface area contributed by atoms with Crippen molar-refractivity contribution in [3.63, 3.8) is 0 Å². The Morgan fingerprint density at radius 1 is 1.26 bits per heavy atom. The van der Waals surface area contributed by atoms with Crippen molar-refractivity contribution in [1.82, 2.24) is 20.2 Å². The van der Waals surface area contributed by atoms with Crippen LogP contribution in [0.4, 0.5) is 11.6 Å². The van der Waals surface area contributed by atoms with E-state index < -0.39 is 0 Å². The van der Waals surface area contributed by atoms with Crippen LogP contribution in [0, 0.1) is 6.92 Å². The number of amides is 1. The molecule has 0 atom stereocenters. The van der Waals surface area contributed by atoms with Crippen molar-refractivity contribution in [3.05, 3.63) is 46.2 Å². The maximum absolute atomic E-state index is 12.2. The van der Waals surface area contributed by atoms with Crippen LogP contribution in [0.25, 0.3) is 0 Å². The molecule has 2 N–H and O–H groups in total. The number of aromatic nitrogens is 2. The number of halogens is 1. The van der Waals surface area contributed by atoms with Gasteiger partial charge in [-0.3, -0.25) is 4.79 Å². The number of anilines is 2. The third kappa shape index (κ3) is 5.61. The molecule has 0 saturated carbocycles. The Morgan fingerprint density at radius 3 is 2.74 bits per heavy atom. The Labute approximate surface area is 144 Å². The summed E-state index contributed by atoms with van der Waals surface area (Å²) in [6.45, 7) is 3.19. The number of hydrogen-bond acceptors (Lipinski definition) is 5. The van der Waals surface area contributed by atoms with E-state index in [0.29, 0.717) is 18.2 Å². The summed E-state index contributed by atoms with van der Waals surface area (Å²) in [6, 6.07) is 9.36. The van der Waals surface area contributed by atoms with Crippen molar-refractivity contribution >= 4 is 33.5 Å². The van der Waals surface area contributed by atoms with Crippen LogP contribution in [-0.2, 0) is 0 Å². The Hall–Kier alpha value is -1.99. The number of nitrogens with one attached hydrogen (secondary N) is 2. The minimum absolute atomic E-state index is 0.199. The number of rotatable bonds is 6. The molecule has 0 fully saturated rings. The van der Waals surface area contributed by atoms with Gasteiger partial charge in [-0.25, -0.2) is 9.97 Å². The highest BCUT2D eigenvalue weighted by Crippen LogP contribution is 2.18. The zero-order valence-electron chi connectivity index (χ0n) is 13.4. The van der Waals surface area contributed by atoms with Crippen LogP contribution >= 0.6 is 15.9 Å². The van der Waals surface area contributed by atoms with Gasteiger partial charge in [0.05, 0.1) is 0 Å². The molecule has 0 bridgehead atoms. The van der Waals surface area contributed by atoms with Crippen molar-refractivity contribution in [2.75, 3.05) is 32.5 Å². The molecular formula is C16H20BrN5O. The summed E-state index contributed by atoms with van der Waals surface area (Å²) in [4.78, 5) is 22.8. The average Bonchev–Trinajstić information content (AvgIpc) is 2.46. The van der Waals surface area contributed by atoms with Gasteiger partial charge in [0.25, 0.3) is 5.91 Å². The molecule has 1 aromatic heterocycles. The minimum Gasteiger partial charge on any atom is -0.349 e. The molecule has 0 saturated heterocycles. The van der Waals surface area contributed by atoms with Gasteiger partial charge in [0.2, 0.25) is 5.95 Å². The van der Waals surface area contributed by atoms with Crippen molar-refractivity contribution in [3.8, 4) is 0 Å². The van der Waals surface area contributed by atoms with E-state index >= 15 is 0 Å². The molecule has 2 rings (SSSR count). The van der Waals surface area contributed by atoms with Crippen LogP contribution in [0.15, 0.2) is 34.8 Å². The summed E-state index contributed by atoms with van der Waals surface area (Å²) >= 11 is 3.42. The van der Waals surface area contributed by atoms with E-state index in [9.17, 15) is 4.79 Å². The lowest BCUT2D eigenvalue weighted by atomic mass is 10.3. The summed E-state index contributed by atoms with van der Waals surface area (Å²) in [5.41, 5.74) is 1.94. The largest absolute Gasteiger partial charge is 0.349 e. The average molecular weight is 378 g/mol. The lowest BCUT2D eigenvalue weighted by Gasteiger charge is -2.11. The quantitative estimate of drug-likeness (QED) is 0.809. The van der Waals surface area contributed by atoms with Gasteiger partial charge >= 0.3 is 0 Å². The first-order valence-electron chi connectivity index (χ1n) is 7.25. The van der Waals surface area contributed by atoms with Crippen molar-refractivity contribution in [2.45, 2.75) is 6.92 Å². The van der Waals surface area contributed by atoms with Crippen molar-refractivity contribution in [1.29, 1.82) is 0 Å². The van der Waals surface area contributed by atoms with Crippen LogP contribution in [-0.4, -0.2) is 48.0 Å². The van der Waals surface area contributed by atoms with E-state index in [2.05, 4.69) is 36.5 Å². The highest BCUT2D eigenvalue weighted by Gasteiger charge is 2.10.